The number of fused-ring (bicyclic) bond motifs is 1. The van der Waals surface area contributed by atoms with Crippen molar-refractivity contribution in [3.8, 4) is 5.75 Å². The highest BCUT2D eigenvalue weighted by Crippen LogP contribution is 2.47. The van der Waals surface area contributed by atoms with Gasteiger partial charge in [0.05, 0.1) is 12.0 Å². The van der Waals surface area contributed by atoms with Gasteiger partial charge in [-0.3, -0.25) is 0 Å². The maximum Gasteiger partial charge on any atom is 0.248 e. The van der Waals surface area contributed by atoms with Crippen LogP contribution >= 0.6 is 11.9 Å². The smallest absolute Gasteiger partial charge is 0.248 e. The summed E-state index contributed by atoms with van der Waals surface area (Å²) in [4.78, 5) is 0. The van der Waals surface area contributed by atoms with Crippen molar-refractivity contribution in [1.29, 1.82) is 0 Å². The number of halogens is 2. The van der Waals surface area contributed by atoms with Gasteiger partial charge in [-0.05, 0) is 49.1 Å². The Kier molecular flexibility index (Phi) is 4.52. The molecule has 1 aromatic heterocycles. The molecule has 1 N–H and O–H groups in total. The molecular formula is C18H22F2N2O2S. The molecule has 1 aromatic carbocycles. The van der Waals surface area contributed by atoms with E-state index in [4.69, 9.17) is 9.26 Å². The average Bonchev–Trinajstić information content (AvgIpc) is 3.36. The number of rotatable bonds is 6. The number of ether oxygens (including phenoxy) is 1. The summed E-state index contributed by atoms with van der Waals surface area (Å²) in [6.07, 6.45) is 5.26. The molecule has 2 saturated carbocycles. The molecule has 7 heteroatoms. The van der Waals surface area contributed by atoms with Gasteiger partial charge in [0.2, 0.25) is 5.92 Å². The van der Waals surface area contributed by atoms with Gasteiger partial charge in [-0.2, -0.15) is 0 Å². The van der Waals surface area contributed by atoms with Crippen LogP contribution in [0.2, 0.25) is 0 Å². The molecule has 0 saturated heterocycles. The van der Waals surface area contributed by atoms with Crippen molar-refractivity contribution in [1.82, 2.24) is 5.16 Å². The number of nitrogens with zero attached hydrogens (tertiary/aromatic N) is 1. The molecule has 25 heavy (non-hydrogen) atoms. The zero-order valence-electron chi connectivity index (χ0n) is 14.2. The Bertz CT molecular complexity index is 751. The van der Waals surface area contributed by atoms with Crippen molar-refractivity contribution < 1.29 is 18.0 Å². The Labute approximate surface area is 149 Å². The average molecular weight is 368 g/mol. The fraction of sp³-hybridized carbons (Fsp3) is 0.611. The van der Waals surface area contributed by atoms with Crippen molar-refractivity contribution in [2.75, 3.05) is 17.6 Å². The van der Waals surface area contributed by atoms with Gasteiger partial charge in [0.15, 0.2) is 11.4 Å². The second kappa shape index (κ2) is 6.67. The van der Waals surface area contributed by atoms with E-state index in [0.29, 0.717) is 30.9 Å². The number of nitrogens with one attached hydrogen (secondary N) is 1. The summed E-state index contributed by atoms with van der Waals surface area (Å²) in [5.41, 5.74) is 1.87. The second-order valence-corrected chi connectivity index (χ2v) is 7.72. The van der Waals surface area contributed by atoms with Crippen LogP contribution in [-0.2, 0) is 0 Å². The molecule has 4 rings (SSSR count). The van der Waals surface area contributed by atoms with E-state index < -0.39 is 5.92 Å². The van der Waals surface area contributed by atoms with Crippen LogP contribution in [0, 0.1) is 5.92 Å². The monoisotopic (exact) mass is 368 g/mol. The summed E-state index contributed by atoms with van der Waals surface area (Å²) >= 11 is 1.47. The minimum absolute atomic E-state index is 0.0264. The summed E-state index contributed by atoms with van der Waals surface area (Å²) in [6, 6.07) is 4.01. The lowest BCUT2D eigenvalue weighted by Gasteiger charge is -2.28. The van der Waals surface area contributed by atoms with Crippen LogP contribution in [0.15, 0.2) is 16.7 Å². The van der Waals surface area contributed by atoms with Gasteiger partial charge in [0.25, 0.3) is 0 Å². The molecule has 0 spiro atoms. The fourth-order valence-corrected chi connectivity index (χ4v) is 3.81. The van der Waals surface area contributed by atoms with Crippen molar-refractivity contribution in [3.63, 3.8) is 0 Å². The van der Waals surface area contributed by atoms with E-state index in [1.807, 2.05) is 12.3 Å². The third kappa shape index (κ3) is 3.71. The molecule has 0 radical (unpaired) electrons. The van der Waals surface area contributed by atoms with Gasteiger partial charge < -0.3 is 14.0 Å². The highest BCUT2D eigenvalue weighted by molar-refractivity contribution is 7.99. The van der Waals surface area contributed by atoms with Crippen LogP contribution in [0.5, 0.6) is 5.75 Å². The van der Waals surface area contributed by atoms with Gasteiger partial charge in [-0.15, -0.1) is 0 Å². The van der Waals surface area contributed by atoms with E-state index in [9.17, 15) is 8.78 Å². The highest BCUT2D eigenvalue weighted by Gasteiger charge is 2.35. The first-order valence-corrected chi connectivity index (χ1v) is 10.0. The summed E-state index contributed by atoms with van der Waals surface area (Å²) in [6.45, 7) is 0.491. The molecule has 2 fully saturated rings. The maximum absolute atomic E-state index is 13.3. The number of benzene rings is 1. The quantitative estimate of drug-likeness (QED) is 0.673. The highest BCUT2D eigenvalue weighted by atomic mass is 32.2. The van der Waals surface area contributed by atoms with Gasteiger partial charge in [0, 0.05) is 25.2 Å². The van der Waals surface area contributed by atoms with E-state index in [0.717, 1.165) is 29.8 Å². The zero-order valence-corrected chi connectivity index (χ0v) is 15.0. The fourth-order valence-electron chi connectivity index (χ4n) is 3.47. The molecular weight excluding hydrogens is 346 g/mol. The van der Waals surface area contributed by atoms with Crippen LogP contribution in [0.4, 0.5) is 14.6 Å². The first kappa shape index (κ1) is 16.9. The molecule has 0 bridgehead atoms. The standard InChI is InChI=1S/C18H22F2N2O2S/c1-25-22-17-14-8-13(12-2-3-12)15(9-16(14)24-21-17)23-10-11-4-6-18(19,20)7-5-11/h8-9,11-12H,2-7,10H2,1H3,(H,21,22). The van der Waals surface area contributed by atoms with E-state index in [1.54, 1.807) is 0 Å². The summed E-state index contributed by atoms with van der Waals surface area (Å²) in [7, 11) is 0. The molecule has 2 aliphatic carbocycles. The van der Waals surface area contributed by atoms with Crippen LogP contribution < -0.4 is 9.46 Å². The minimum atomic E-state index is -2.49. The molecule has 0 unspecified atom stereocenters. The van der Waals surface area contributed by atoms with Crippen molar-refractivity contribution in [2.24, 2.45) is 5.92 Å². The van der Waals surface area contributed by atoms with Gasteiger partial charge in [-0.25, -0.2) is 8.78 Å². The first-order valence-electron chi connectivity index (χ1n) is 8.79. The van der Waals surface area contributed by atoms with E-state index in [2.05, 4.69) is 15.9 Å². The number of aromatic nitrogens is 1. The molecule has 1 heterocycles. The second-order valence-electron chi connectivity index (χ2n) is 7.11. The number of anilines is 1. The molecule has 2 aromatic rings. The number of hydrogen-bond donors (Lipinski definition) is 1. The topological polar surface area (TPSA) is 47.3 Å². The summed E-state index contributed by atoms with van der Waals surface area (Å²) in [5.74, 6) is -0.225. The van der Waals surface area contributed by atoms with Gasteiger partial charge in [-0.1, -0.05) is 17.1 Å². The van der Waals surface area contributed by atoms with E-state index in [-0.39, 0.29) is 18.8 Å². The Morgan fingerprint density at radius 3 is 2.72 bits per heavy atom. The SMILES string of the molecule is CSNc1noc2cc(OCC3CCC(F)(F)CC3)c(C3CC3)cc12. The Morgan fingerprint density at radius 2 is 2.04 bits per heavy atom. The van der Waals surface area contributed by atoms with Crippen molar-refractivity contribution >= 4 is 28.7 Å². The van der Waals surface area contributed by atoms with Crippen LogP contribution in [0.3, 0.4) is 0 Å². The van der Waals surface area contributed by atoms with Gasteiger partial charge in [0.1, 0.15) is 5.75 Å². The molecule has 0 atom stereocenters. The number of alkyl halides is 2. The first-order chi connectivity index (χ1) is 12.1. The largest absolute Gasteiger partial charge is 0.493 e. The van der Waals surface area contributed by atoms with Crippen LogP contribution in [0.1, 0.15) is 50.0 Å². The zero-order chi connectivity index (χ0) is 17.4. The predicted octanol–water partition coefficient (Wildman–Crippen LogP) is 5.60. The molecule has 2 aliphatic rings. The third-order valence-corrected chi connectivity index (χ3v) is 5.53. The molecule has 0 amide bonds. The lowest BCUT2D eigenvalue weighted by molar-refractivity contribution is -0.0498. The summed E-state index contributed by atoms with van der Waals surface area (Å²) < 4.78 is 41.2. The van der Waals surface area contributed by atoms with Crippen LogP contribution in [-0.4, -0.2) is 23.9 Å². The molecule has 0 aliphatic heterocycles. The van der Waals surface area contributed by atoms with Crippen LogP contribution in [0.25, 0.3) is 11.0 Å². The maximum atomic E-state index is 13.3. The lowest BCUT2D eigenvalue weighted by Crippen LogP contribution is -2.27. The van der Waals surface area contributed by atoms with E-state index >= 15 is 0 Å². The normalized spacial score (nSPS) is 20.8. The number of hydrogen-bond acceptors (Lipinski definition) is 5. The minimum Gasteiger partial charge on any atom is -0.493 e. The Morgan fingerprint density at radius 1 is 1.28 bits per heavy atom. The van der Waals surface area contributed by atoms with Crippen molar-refractivity contribution in [2.45, 2.75) is 50.4 Å². The third-order valence-electron chi connectivity index (χ3n) is 5.13. The van der Waals surface area contributed by atoms with E-state index in [1.165, 1.54) is 17.5 Å². The molecule has 136 valence electrons. The molecule has 4 nitrogen and oxygen atoms in total. The predicted molar refractivity (Wildman–Crippen MR) is 95.5 cm³/mol. The lowest BCUT2D eigenvalue weighted by atomic mass is 9.87. The van der Waals surface area contributed by atoms with Gasteiger partial charge >= 0.3 is 0 Å². The summed E-state index contributed by atoms with van der Waals surface area (Å²) in [5, 5.41) is 5.03. The Balaban J connectivity index is 1.51. The van der Waals surface area contributed by atoms with Crippen molar-refractivity contribution in [3.05, 3.63) is 17.7 Å². The Hall–Kier alpha value is -1.50.